The highest BCUT2D eigenvalue weighted by Gasteiger charge is 2.25. The lowest BCUT2D eigenvalue weighted by atomic mass is 10.1. The summed E-state index contributed by atoms with van der Waals surface area (Å²) in [6.07, 6.45) is 2.32. The average molecular weight is 304 g/mol. The van der Waals surface area contributed by atoms with E-state index in [0.29, 0.717) is 23.6 Å². The van der Waals surface area contributed by atoms with E-state index in [9.17, 15) is 13.2 Å². The Morgan fingerprint density at radius 3 is 2.95 bits per heavy atom. The van der Waals surface area contributed by atoms with Crippen molar-refractivity contribution in [2.24, 2.45) is 0 Å². The van der Waals surface area contributed by atoms with Gasteiger partial charge in [0.2, 0.25) is 10.0 Å². The van der Waals surface area contributed by atoms with E-state index >= 15 is 0 Å². The molecule has 0 unspecified atom stereocenters. The second-order valence-electron chi connectivity index (χ2n) is 4.47. The molecule has 0 aromatic carbocycles. The molecule has 0 spiro atoms. The van der Waals surface area contributed by atoms with Gasteiger partial charge in [0, 0.05) is 6.61 Å². The van der Waals surface area contributed by atoms with Crippen molar-refractivity contribution >= 4 is 27.3 Å². The fraction of sp³-hybridized carbons (Fsp3) is 0.636. The van der Waals surface area contributed by atoms with Crippen LogP contribution in [0.1, 0.15) is 34.6 Å². The molecule has 6 nitrogen and oxygen atoms in total. The summed E-state index contributed by atoms with van der Waals surface area (Å²) < 4.78 is 31.2. The SMILES string of the molecule is Cc1ncsc1C(=O)NS(=O)(=O)C[C@H]1CCCCO1. The molecule has 1 aromatic rings. The molecule has 1 aromatic heterocycles. The third-order valence-corrected chi connectivity index (χ3v) is 5.11. The molecule has 0 aliphatic carbocycles. The maximum atomic E-state index is 11.9. The van der Waals surface area contributed by atoms with E-state index in [1.54, 1.807) is 6.92 Å². The van der Waals surface area contributed by atoms with Gasteiger partial charge in [-0.3, -0.25) is 4.79 Å². The van der Waals surface area contributed by atoms with Crippen molar-refractivity contribution < 1.29 is 17.9 Å². The quantitative estimate of drug-likeness (QED) is 0.899. The average Bonchev–Trinajstić information content (AvgIpc) is 2.75. The number of amides is 1. The van der Waals surface area contributed by atoms with Crippen LogP contribution in [0.2, 0.25) is 0 Å². The molecule has 106 valence electrons. The molecule has 1 N–H and O–H groups in total. The minimum absolute atomic E-state index is 0.170. The molecular weight excluding hydrogens is 288 g/mol. The number of aromatic nitrogens is 1. The number of nitrogens with zero attached hydrogens (tertiary/aromatic N) is 1. The molecular formula is C11H16N2O4S2. The van der Waals surface area contributed by atoms with Gasteiger partial charge in [-0.05, 0) is 26.2 Å². The Morgan fingerprint density at radius 1 is 1.58 bits per heavy atom. The second-order valence-corrected chi connectivity index (χ2v) is 7.09. The van der Waals surface area contributed by atoms with Gasteiger partial charge in [0.25, 0.3) is 5.91 Å². The number of hydrogen-bond acceptors (Lipinski definition) is 6. The van der Waals surface area contributed by atoms with Crippen LogP contribution in [-0.4, -0.2) is 37.8 Å². The monoisotopic (exact) mass is 304 g/mol. The van der Waals surface area contributed by atoms with Crippen LogP contribution in [0.4, 0.5) is 0 Å². The van der Waals surface area contributed by atoms with Crippen LogP contribution in [-0.2, 0) is 14.8 Å². The summed E-state index contributed by atoms with van der Waals surface area (Å²) in [6, 6.07) is 0. The van der Waals surface area contributed by atoms with E-state index in [4.69, 9.17) is 4.74 Å². The molecule has 1 aliphatic heterocycles. The number of sulfonamides is 1. The zero-order valence-electron chi connectivity index (χ0n) is 10.6. The van der Waals surface area contributed by atoms with Gasteiger partial charge in [-0.15, -0.1) is 11.3 Å². The number of aryl methyl sites for hydroxylation is 1. The Bertz CT molecular complexity index is 547. The number of nitrogens with one attached hydrogen (secondary N) is 1. The van der Waals surface area contributed by atoms with Crippen molar-refractivity contribution in [3.05, 3.63) is 16.1 Å². The van der Waals surface area contributed by atoms with Crippen LogP contribution in [0.3, 0.4) is 0 Å². The normalized spacial score (nSPS) is 20.2. The van der Waals surface area contributed by atoms with Crippen LogP contribution < -0.4 is 4.72 Å². The highest BCUT2D eigenvalue weighted by molar-refractivity contribution is 7.90. The molecule has 2 rings (SSSR count). The minimum atomic E-state index is -3.67. The lowest BCUT2D eigenvalue weighted by Gasteiger charge is -2.22. The molecule has 1 aliphatic rings. The highest BCUT2D eigenvalue weighted by Crippen LogP contribution is 2.15. The summed E-state index contributed by atoms with van der Waals surface area (Å²) in [4.78, 5) is 16.1. The van der Waals surface area contributed by atoms with Crippen LogP contribution in [0.5, 0.6) is 0 Å². The van der Waals surface area contributed by atoms with Crippen LogP contribution >= 0.6 is 11.3 Å². The van der Waals surface area contributed by atoms with E-state index < -0.39 is 15.9 Å². The van der Waals surface area contributed by atoms with E-state index in [0.717, 1.165) is 24.2 Å². The number of hydrogen-bond donors (Lipinski definition) is 1. The summed E-state index contributed by atoms with van der Waals surface area (Å²) >= 11 is 1.13. The lowest BCUT2D eigenvalue weighted by Crippen LogP contribution is -2.38. The molecule has 0 saturated carbocycles. The van der Waals surface area contributed by atoms with Crippen LogP contribution in [0.25, 0.3) is 0 Å². The summed E-state index contributed by atoms with van der Waals surface area (Å²) in [5.41, 5.74) is 2.05. The van der Waals surface area contributed by atoms with E-state index in [2.05, 4.69) is 9.71 Å². The number of thiazole rings is 1. The Morgan fingerprint density at radius 2 is 2.37 bits per heavy atom. The summed E-state index contributed by atoms with van der Waals surface area (Å²) in [7, 11) is -3.67. The fourth-order valence-electron chi connectivity index (χ4n) is 1.93. The summed E-state index contributed by atoms with van der Waals surface area (Å²) in [6.45, 7) is 2.25. The standard InChI is InChI=1S/C11H16N2O4S2/c1-8-10(18-7-12-8)11(14)13-19(15,16)6-9-4-2-3-5-17-9/h7,9H,2-6H2,1H3,(H,13,14)/t9-/m1/s1. The first-order valence-corrected chi connectivity index (χ1v) is 8.57. The minimum Gasteiger partial charge on any atom is -0.377 e. The first-order valence-electron chi connectivity index (χ1n) is 6.04. The summed E-state index contributed by atoms with van der Waals surface area (Å²) in [5.74, 6) is -0.785. The van der Waals surface area contributed by atoms with Gasteiger partial charge in [-0.25, -0.2) is 18.1 Å². The van der Waals surface area contributed by atoms with Crippen molar-refractivity contribution in [2.75, 3.05) is 12.4 Å². The first kappa shape index (κ1) is 14.4. The maximum Gasteiger partial charge on any atom is 0.276 e. The van der Waals surface area contributed by atoms with E-state index in [-0.39, 0.29) is 11.9 Å². The van der Waals surface area contributed by atoms with Crippen molar-refractivity contribution in [1.29, 1.82) is 0 Å². The van der Waals surface area contributed by atoms with Crippen molar-refractivity contribution in [1.82, 2.24) is 9.71 Å². The smallest absolute Gasteiger partial charge is 0.276 e. The Balaban J connectivity index is 1.97. The Kier molecular flexibility index (Phi) is 4.54. The first-order chi connectivity index (χ1) is 8.98. The predicted molar refractivity (Wildman–Crippen MR) is 71.7 cm³/mol. The van der Waals surface area contributed by atoms with Gasteiger partial charge in [0.05, 0.1) is 23.1 Å². The number of ether oxygens (including phenoxy) is 1. The molecule has 1 fully saturated rings. The largest absolute Gasteiger partial charge is 0.377 e. The highest BCUT2D eigenvalue weighted by atomic mass is 32.2. The molecule has 19 heavy (non-hydrogen) atoms. The third-order valence-electron chi connectivity index (χ3n) is 2.88. The van der Waals surface area contributed by atoms with Crippen LogP contribution in [0.15, 0.2) is 5.51 Å². The molecule has 1 amide bonds. The van der Waals surface area contributed by atoms with Crippen molar-refractivity contribution in [3.63, 3.8) is 0 Å². The zero-order chi connectivity index (χ0) is 13.9. The number of rotatable bonds is 4. The Hall–Kier alpha value is -0.990. The van der Waals surface area contributed by atoms with Crippen molar-refractivity contribution in [3.8, 4) is 0 Å². The Labute approximate surface area is 116 Å². The predicted octanol–water partition coefficient (Wildman–Crippen LogP) is 1.08. The second kappa shape index (κ2) is 5.98. The number of carbonyl (C=O) groups is 1. The van der Waals surface area contributed by atoms with E-state index in [1.165, 1.54) is 5.51 Å². The van der Waals surface area contributed by atoms with Gasteiger partial charge >= 0.3 is 0 Å². The van der Waals surface area contributed by atoms with Crippen molar-refractivity contribution in [2.45, 2.75) is 32.3 Å². The topological polar surface area (TPSA) is 85.4 Å². The zero-order valence-corrected chi connectivity index (χ0v) is 12.2. The summed E-state index contributed by atoms with van der Waals surface area (Å²) in [5, 5.41) is 0. The molecule has 2 heterocycles. The molecule has 0 radical (unpaired) electrons. The fourth-order valence-corrected chi connectivity index (χ4v) is 3.92. The van der Waals surface area contributed by atoms with Gasteiger partial charge in [0.15, 0.2) is 0 Å². The maximum absolute atomic E-state index is 11.9. The van der Waals surface area contributed by atoms with Gasteiger partial charge in [-0.1, -0.05) is 0 Å². The number of carbonyl (C=O) groups excluding carboxylic acids is 1. The van der Waals surface area contributed by atoms with Gasteiger partial charge < -0.3 is 4.74 Å². The van der Waals surface area contributed by atoms with E-state index in [1.807, 2.05) is 0 Å². The lowest BCUT2D eigenvalue weighted by molar-refractivity contribution is 0.0304. The molecule has 1 saturated heterocycles. The van der Waals surface area contributed by atoms with Gasteiger partial charge in [-0.2, -0.15) is 0 Å². The molecule has 0 bridgehead atoms. The molecule has 1 atom stereocenters. The van der Waals surface area contributed by atoms with Gasteiger partial charge in [0.1, 0.15) is 4.88 Å². The molecule has 8 heteroatoms. The third kappa shape index (κ3) is 3.99. The van der Waals surface area contributed by atoms with Crippen LogP contribution in [0, 0.1) is 6.92 Å².